The molecule has 37 heavy (non-hydrogen) atoms. The molecule has 190 valence electrons. The first-order valence-corrected chi connectivity index (χ1v) is 13.3. The van der Waals surface area contributed by atoms with Gasteiger partial charge in [-0.1, -0.05) is 66.6 Å². The highest BCUT2D eigenvalue weighted by Crippen LogP contribution is 2.46. The predicted octanol–water partition coefficient (Wildman–Crippen LogP) is 6.33. The zero-order valence-electron chi connectivity index (χ0n) is 21.6. The number of carbonyl (C=O) groups is 1. The van der Waals surface area contributed by atoms with Crippen LogP contribution in [-0.4, -0.2) is 29.1 Å². The third-order valence-electron chi connectivity index (χ3n) is 8.09. The number of rotatable bonds is 8. The van der Waals surface area contributed by atoms with Gasteiger partial charge in [0.25, 0.3) is 0 Å². The minimum atomic E-state index is -0.847. The van der Waals surface area contributed by atoms with Gasteiger partial charge < -0.3 is 9.84 Å². The molecule has 0 bridgehead atoms. The summed E-state index contributed by atoms with van der Waals surface area (Å²) in [4.78, 5) is 13.7. The van der Waals surface area contributed by atoms with Gasteiger partial charge in [-0.15, -0.1) is 5.92 Å². The number of hydrogen-bond acceptors (Lipinski definition) is 3. The smallest absolute Gasteiger partial charge is 0.304 e. The largest absolute Gasteiger partial charge is 0.489 e. The molecule has 3 aromatic rings. The normalized spacial score (nSPS) is 17.0. The van der Waals surface area contributed by atoms with Gasteiger partial charge in [0, 0.05) is 6.54 Å². The van der Waals surface area contributed by atoms with Crippen molar-refractivity contribution in [3.63, 3.8) is 0 Å². The first-order valence-electron chi connectivity index (χ1n) is 13.3. The van der Waals surface area contributed by atoms with Gasteiger partial charge in [-0.3, -0.25) is 9.69 Å². The van der Waals surface area contributed by atoms with Crippen LogP contribution >= 0.6 is 0 Å². The van der Waals surface area contributed by atoms with Crippen LogP contribution in [0.4, 0.5) is 0 Å². The molecule has 4 nitrogen and oxygen atoms in total. The lowest BCUT2D eigenvalue weighted by molar-refractivity contribution is -0.137. The number of benzene rings is 3. The summed E-state index contributed by atoms with van der Waals surface area (Å²) in [5.74, 6) is 5.43. The minimum absolute atomic E-state index is 0.000347. The van der Waals surface area contributed by atoms with Crippen LogP contribution in [0.3, 0.4) is 0 Å². The van der Waals surface area contributed by atoms with E-state index in [0.717, 1.165) is 36.5 Å². The van der Waals surface area contributed by atoms with Gasteiger partial charge in [-0.25, -0.2) is 0 Å². The van der Waals surface area contributed by atoms with E-state index in [1.54, 1.807) is 18.1 Å². The van der Waals surface area contributed by atoms with Crippen molar-refractivity contribution in [2.24, 2.45) is 0 Å². The molecular formula is C33H35NO3. The Morgan fingerprint density at radius 3 is 2.38 bits per heavy atom. The molecule has 1 saturated heterocycles. The fraction of sp³-hybridized carbons (Fsp3) is 0.364. The van der Waals surface area contributed by atoms with Crippen LogP contribution in [0.1, 0.15) is 66.3 Å². The number of likely N-dealkylation sites (tertiary alicyclic amines) is 1. The third kappa shape index (κ3) is 5.89. The van der Waals surface area contributed by atoms with Crippen LogP contribution in [0.15, 0.2) is 72.8 Å². The highest BCUT2D eigenvalue weighted by Gasteiger charge is 2.40. The Bertz CT molecular complexity index is 1280. The van der Waals surface area contributed by atoms with Crippen LogP contribution in [0.25, 0.3) is 0 Å². The summed E-state index contributed by atoms with van der Waals surface area (Å²) in [5, 5.41) is 9.13. The molecule has 1 aliphatic carbocycles. The van der Waals surface area contributed by atoms with Gasteiger partial charge in [-0.05, 0) is 91.1 Å². The van der Waals surface area contributed by atoms with Crippen LogP contribution in [0.5, 0.6) is 5.75 Å². The van der Waals surface area contributed by atoms with E-state index in [-0.39, 0.29) is 12.3 Å². The molecule has 1 heterocycles. The zero-order valence-corrected chi connectivity index (χ0v) is 21.6. The number of nitrogens with zero attached hydrogens (tertiary/aromatic N) is 1. The molecule has 3 aromatic carbocycles. The topological polar surface area (TPSA) is 49.8 Å². The van der Waals surface area contributed by atoms with Crippen molar-refractivity contribution in [1.82, 2.24) is 4.90 Å². The Morgan fingerprint density at radius 1 is 0.973 bits per heavy atom. The third-order valence-corrected chi connectivity index (χ3v) is 8.09. The van der Waals surface area contributed by atoms with E-state index in [1.807, 2.05) is 24.3 Å². The maximum atomic E-state index is 11.1. The summed E-state index contributed by atoms with van der Waals surface area (Å²) in [6.07, 6.45) is 5.07. The Kier molecular flexibility index (Phi) is 7.63. The average molecular weight is 494 g/mol. The summed E-state index contributed by atoms with van der Waals surface area (Å²) in [5.41, 5.74) is 6.97. The summed E-state index contributed by atoms with van der Waals surface area (Å²) >= 11 is 0. The van der Waals surface area contributed by atoms with Crippen molar-refractivity contribution in [1.29, 1.82) is 0 Å². The van der Waals surface area contributed by atoms with Crippen molar-refractivity contribution in [3.05, 3.63) is 101 Å². The lowest BCUT2D eigenvalue weighted by Gasteiger charge is -2.40. The maximum Gasteiger partial charge on any atom is 0.304 e. The molecule has 0 radical (unpaired) electrons. The molecule has 1 aliphatic heterocycles. The molecule has 0 aromatic heterocycles. The Morgan fingerprint density at radius 2 is 1.68 bits per heavy atom. The highest BCUT2D eigenvalue weighted by atomic mass is 16.5. The van der Waals surface area contributed by atoms with Gasteiger partial charge in [0.15, 0.2) is 0 Å². The van der Waals surface area contributed by atoms with Gasteiger partial charge >= 0.3 is 5.97 Å². The molecule has 1 N–H and O–H groups in total. The molecular weight excluding hydrogens is 458 g/mol. The standard InChI is InChI=1S/C33H35NO3/c1-2-5-29(22-32(35)36)27-12-14-30(15-13-27)37-24-26-10-8-25(9-11-26)23-34-20-18-33(19-21-34)17-16-28-6-3-4-7-31(28)33/h3-4,6-15,29H,16-24H2,1H3,(H,35,36)/t29-/m0/s1. The van der Waals surface area contributed by atoms with Gasteiger partial charge in [-0.2, -0.15) is 0 Å². The molecule has 0 saturated carbocycles. The minimum Gasteiger partial charge on any atom is -0.489 e. The molecule has 0 unspecified atom stereocenters. The first kappa shape index (κ1) is 25.1. The monoisotopic (exact) mass is 493 g/mol. The van der Waals surface area contributed by atoms with Crippen molar-refractivity contribution in [3.8, 4) is 17.6 Å². The first-order chi connectivity index (χ1) is 18.0. The predicted molar refractivity (Wildman–Crippen MR) is 147 cm³/mol. The Balaban J connectivity index is 1.11. The number of fused-ring (bicyclic) bond motifs is 2. The molecule has 5 rings (SSSR count). The molecule has 1 atom stereocenters. The van der Waals surface area contributed by atoms with E-state index < -0.39 is 5.97 Å². The van der Waals surface area contributed by atoms with Gasteiger partial charge in [0.1, 0.15) is 12.4 Å². The van der Waals surface area contributed by atoms with Crippen molar-refractivity contribution >= 4 is 5.97 Å². The molecule has 1 fully saturated rings. The van der Waals surface area contributed by atoms with Crippen molar-refractivity contribution < 1.29 is 14.6 Å². The van der Waals surface area contributed by atoms with Crippen LogP contribution in [0.2, 0.25) is 0 Å². The lowest BCUT2D eigenvalue weighted by atomic mass is 9.74. The Labute approximate surface area is 220 Å². The fourth-order valence-corrected chi connectivity index (χ4v) is 5.99. The van der Waals surface area contributed by atoms with Crippen LogP contribution in [-0.2, 0) is 29.8 Å². The van der Waals surface area contributed by atoms with Crippen LogP contribution in [0, 0.1) is 11.8 Å². The summed E-state index contributed by atoms with van der Waals surface area (Å²) in [6, 6.07) is 25.4. The summed E-state index contributed by atoms with van der Waals surface area (Å²) < 4.78 is 5.98. The number of carboxylic acid groups (broad SMARTS) is 1. The van der Waals surface area contributed by atoms with Gasteiger partial charge in [0.2, 0.25) is 0 Å². The summed E-state index contributed by atoms with van der Waals surface area (Å²) in [7, 11) is 0. The van der Waals surface area contributed by atoms with E-state index in [1.165, 1.54) is 31.2 Å². The summed E-state index contributed by atoms with van der Waals surface area (Å²) in [6.45, 7) is 5.55. The quantitative estimate of drug-likeness (QED) is 0.373. The van der Waals surface area contributed by atoms with E-state index in [4.69, 9.17) is 9.84 Å². The SMILES string of the molecule is CC#C[C@@H](CC(=O)O)c1ccc(OCc2ccc(CN3CCC4(CCc5ccccc54)CC3)cc2)cc1. The molecule has 2 aliphatic rings. The maximum absolute atomic E-state index is 11.1. The fourth-order valence-electron chi connectivity index (χ4n) is 5.99. The lowest BCUT2D eigenvalue weighted by Crippen LogP contribution is -2.41. The second-order valence-corrected chi connectivity index (χ2v) is 10.4. The van der Waals surface area contributed by atoms with Gasteiger partial charge in [0.05, 0.1) is 12.3 Å². The number of ether oxygens (including phenoxy) is 1. The molecule has 0 amide bonds. The van der Waals surface area contributed by atoms with Crippen molar-refractivity contribution in [2.75, 3.05) is 13.1 Å². The second-order valence-electron chi connectivity index (χ2n) is 10.4. The number of hydrogen-bond donors (Lipinski definition) is 1. The number of piperidine rings is 1. The van der Waals surface area contributed by atoms with E-state index >= 15 is 0 Å². The second kappa shape index (κ2) is 11.2. The van der Waals surface area contributed by atoms with E-state index in [9.17, 15) is 4.79 Å². The van der Waals surface area contributed by atoms with E-state index in [0.29, 0.717) is 12.0 Å². The molecule has 1 spiro atoms. The number of aliphatic carboxylic acids is 1. The number of aryl methyl sites for hydroxylation is 1. The highest BCUT2D eigenvalue weighted by molar-refractivity contribution is 5.69. The number of carboxylic acids is 1. The zero-order chi connectivity index (χ0) is 25.7. The average Bonchev–Trinajstić information content (AvgIpc) is 3.27. The Hall–Kier alpha value is -3.55. The molecule has 4 heteroatoms. The van der Waals surface area contributed by atoms with Crippen molar-refractivity contribution in [2.45, 2.75) is 63.5 Å². The van der Waals surface area contributed by atoms with E-state index in [2.05, 4.69) is 65.3 Å². The van der Waals surface area contributed by atoms with Crippen LogP contribution < -0.4 is 4.74 Å².